The van der Waals surface area contributed by atoms with Crippen LogP contribution in [0.15, 0.2) is 17.0 Å². The number of aliphatic hydroxyl groups excluding tert-OH is 1. The van der Waals surface area contributed by atoms with Crippen molar-refractivity contribution >= 4 is 15.9 Å². The van der Waals surface area contributed by atoms with Gasteiger partial charge in [-0.15, -0.1) is 0 Å². The van der Waals surface area contributed by atoms with Crippen molar-refractivity contribution in [3.05, 3.63) is 28.8 Å². The van der Waals surface area contributed by atoms with Crippen LogP contribution in [0.3, 0.4) is 0 Å². The van der Waals surface area contributed by atoms with E-state index in [9.17, 15) is 18.3 Å². The van der Waals surface area contributed by atoms with Gasteiger partial charge in [-0.1, -0.05) is 0 Å². The Labute approximate surface area is 143 Å². The van der Waals surface area contributed by atoms with Crippen LogP contribution in [0.2, 0.25) is 0 Å². The van der Waals surface area contributed by atoms with Gasteiger partial charge in [-0.25, -0.2) is 12.7 Å². The van der Waals surface area contributed by atoms with E-state index >= 15 is 0 Å². The molecule has 0 unspecified atom stereocenters. The van der Waals surface area contributed by atoms with E-state index in [0.717, 1.165) is 22.7 Å². The van der Waals surface area contributed by atoms with Gasteiger partial charge in [0.05, 0.1) is 11.0 Å². The molecular weight excluding hydrogens is 328 g/mol. The highest BCUT2D eigenvalue weighted by atomic mass is 32.2. The first-order chi connectivity index (χ1) is 11.1. The zero-order valence-corrected chi connectivity index (χ0v) is 15.5. The number of rotatable bonds is 4. The average molecular weight is 354 g/mol. The second-order valence-electron chi connectivity index (χ2n) is 6.68. The highest BCUT2D eigenvalue weighted by Crippen LogP contribution is 2.24. The van der Waals surface area contributed by atoms with Crippen LogP contribution in [0, 0.1) is 13.8 Å². The van der Waals surface area contributed by atoms with Crippen molar-refractivity contribution in [1.29, 1.82) is 0 Å². The largest absolute Gasteiger partial charge is 0.393 e. The third-order valence-electron chi connectivity index (χ3n) is 4.67. The first kappa shape index (κ1) is 18.9. The molecule has 0 saturated heterocycles. The molecule has 7 heteroatoms. The van der Waals surface area contributed by atoms with Gasteiger partial charge in [0, 0.05) is 25.7 Å². The predicted molar refractivity (Wildman–Crippen MR) is 92.5 cm³/mol. The molecule has 0 bridgehead atoms. The Hall–Kier alpha value is -1.44. The van der Waals surface area contributed by atoms with Crippen LogP contribution in [-0.4, -0.2) is 50.0 Å². The SMILES string of the molecule is Cc1cc(C(=O)NC2CCC(O)CC2)cc(S(=O)(=O)N(C)C)c1C. The Bertz CT molecular complexity index is 720. The normalized spacial score (nSPS) is 21.8. The Morgan fingerprint density at radius 2 is 1.75 bits per heavy atom. The average Bonchev–Trinajstić information content (AvgIpc) is 2.51. The van der Waals surface area contributed by atoms with Gasteiger partial charge in [0.15, 0.2) is 0 Å². The number of nitrogens with one attached hydrogen (secondary N) is 1. The first-order valence-electron chi connectivity index (χ1n) is 8.15. The second-order valence-corrected chi connectivity index (χ2v) is 8.80. The quantitative estimate of drug-likeness (QED) is 0.860. The first-order valence-corrected chi connectivity index (χ1v) is 9.59. The maximum atomic E-state index is 12.5. The molecule has 0 spiro atoms. The van der Waals surface area contributed by atoms with Crippen molar-refractivity contribution in [2.45, 2.75) is 56.6 Å². The van der Waals surface area contributed by atoms with Crippen LogP contribution in [0.1, 0.15) is 47.2 Å². The maximum Gasteiger partial charge on any atom is 0.251 e. The van der Waals surface area contributed by atoms with Crippen molar-refractivity contribution in [3.8, 4) is 0 Å². The predicted octanol–water partition coefficient (Wildman–Crippen LogP) is 1.59. The summed E-state index contributed by atoms with van der Waals surface area (Å²) in [6.45, 7) is 3.55. The van der Waals surface area contributed by atoms with E-state index in [0.29, 0.717) is 24.0 Å². The Kier molecular flexibility index (Phi) is 5.67. The molecule has 1 fully saturated rings. The zero-order chi connectivity index (χ0) is 18.1. The molecule has 1 aliphatic rings. The minimum absolute atomic E-state index is 0.0245. The summed E-state index contributed by atoms with van der Waals surface area (Å²) in [6.07, 6.45) is 2.55. The van der Waals surface area contributed by atoms with E-state index in [1.165, 1.54) is 20.2 Å². The molecule has 0 aromatic heterocycles. The van der Waals surface area contributed by atoms with Crippen molar-refractivity contribution in [2.24, 2.45) is 0 Å². The molecule has 1 aromatic carbocycles. The van der Waals surface area contributed by atoms with E-state index in [1.807, 2.05) is 0 Å². The fraction of sp³-hybridized carbons (Fsp3) is 0.588. The summed E-state index contributed by atoms with van der Waals surface area (Å²) in [5.74, 6) is -0.269. The second kappa shape index (κ2) is 7.21. The molecule has 1 aliphatic carbocycles. The van der Waals surface area contributed by atoms with Crippen molar-refractivity contribution < 1.29 is 18.3 Å². The third-order valence-corrected chi connectivity index (χ3v) is 6.61. The lowest BCUT2D eigenvalue weighted by Crippen LogP contribution is -2.38. The summed E-state index contributed by atoms with van der Waals surface area (Å²) < 4.78 is 26.1. The third kappa shape index (κ3) is 3.96. The van der Waals surface area contributed by atoms with Crippen LogP contribution in [0.5, 0.6) is 0 Å². The molecule has 24 heavy (non-hydrogen) atoms. The maximum absolute atomic E-state index is 12.5. The molecule has 6 nitrogen and oxygen atoms in total. The van der Waals surface area contributed by atoms with Crippen LogP contribution in [0.25, 0.3) is 0 Å². The number of carbonyl (C=O) groups excluding carboxylic acids is 1. The lowest BCUT2D eigenvalue weighted by molar-refractivity contribution is 0.0867. The molecule has 2 N–H and O–H groups in total. The standard InChI is InChI=1S/C17H26N2O4S/c1-11-9-13(10-16(12(11)2)24(22,23)19(3)4)17(21)18-14-5-7-15(20)8-6-14/h9-10,14-15,20H,5-8H2,1-4H3,(H,18,21). The number of carbonyl (C=O) groups is 1. The van der Waals surface area contributed by atoms with Gasteiger partial charge in [0.25, 0.3) is 5.91 Å². The molecule has 0 radical (unpaired) electrons. The Balaban J connectivity index is 2.28. The lowest BCUT2D eigenvalue weighted by atomic mass is 9.93. The highest BCUT2D eigenvalue weighted by Gasteiger charge is 2.25. The fourth-order valence-electron chi connectivity index (χ4n) is 2.91. The number of benzene rings is 1. The monoisotopic (exact) mass is 354 g/mol. The zero-order valence-electron chi connectivity index (χ0n) is 14.7. The highest BCUT2D eigenvalue weighted by molar-refractivity contribution is 7.89. The number of amides is 1. The van der Waals surface area contributed by atoms with E-state index in [1.54, 1.807) is 19.9 Å². The van der Waals surface area contributed by atoms with Crippen LogP contribution >= 0.6 is 0 Å². The molecule has 0 atom stereocenters. The topological polar surface area (TPSA) is 86.7 Å². The summed E-state index contributed by atoms with van der Waals surface area (Å²) >= 11 is 0. The molecule has 1 amide bonds. The number of aliphatic hydroxyl groups is 1. The summed E-state index contributed by atoms with van der Waals surface area (Å²) in [4.78, 5) is 12.7. The van der Waals surface area contributed by atoms with Gasteiger partial charge in [0.1, 0.15) is 0 Å². The van der Waals surface area contributed by atoms with Crippen LogP contribution in [-0.2, 0) is 10.0 Å². The molecular formula is C17H26N2O4S. The molecule has 0 heterocycles. The number of aryl methyl sites for hydroxylation is 1. The number of sulfonamides is 1. The van der Waals surface area contributed by atoms with E-state index in [-0.39, 0.29) is 22.9 Å². The van der Waals surface area contributed by atoms with Crippen LogP contribution < -0.4 is 5.32 Å². The van der Waals surface area contributed by atoms with Crippen molar-refractivity contribution in [1.82, 2.24) is 9.62 Å². The van der Waals surface area contributed by atoms with Gasteiger partial charge in [-0.3, -0.25) is 4.79 Å². The number of hydrogen-bond acceptors (Lipinski definition) is 4. The van der Waals surface area contributed by atoms with E-state index in [4.69, 9.17) is 0 Å². The minimum Gasteiger partial charge on any atom is -0.393 e. The van der Waals surface area contributed by atoms with Gasteiger partial charge in [0.2, 0.25) is 10.0 Å². The lowest BCUT2D eigenvalue weighted by Gasteiger charge is -2.26. The molecule has 1 saturated carbocycles. The van der Waals surface area contributed by atoms with Gasteiger partial charge >= 0.3 is 0 Å². The van der Waals surface area contributed by atoms with E-state index < -0.39 is 10.0 Å². The summed E-state index contributed by atoms with van der Waals surface area (Å²) in [6, 6.07) is 3.19. The number of hydrogen-bond donors (Lipinski definition) is 2. The Morgan fingerprint density at radius 3 is 2.29 bits per heavy atom. The summed E-state index contributed by atoms with van der Waals surface area (Å²) in [5.41, 5.74) is 1.77. The van der Waals surface area contributed by atoms with Gasteiger partial charge < -0.3 is 10.4 Å². The molecule has 134 valence electrons. The molecule has 2 rings (SSSR count). The number of nitrogens with zero attached hydrogens (tertiary/aromatic N) is 1. The smallest absolute Gasteiger partial charge is 0.251 e. The summed E-state index contributed by atoms with van der Waals surface area (Å²) in [5, 5.41) is 12.5. The molecule has 0 aliphatic heterocycles. The fourth-order valence-corrected chi connectivity index (χ4v) is 4.13. The van der Waals surface area contributed by atoms with Gasteiger partial charge in [-0.05, 0) is 62.8 Å². The Morgan fingerprint density at radius 1 is 1.17 bits per heavy atom. The summed E-state index contributed by atoms with van der Waals surface area (Å²) in [7, 11) is -0.653. The van der Waals surface area contributed by atoms with Gasteiger partial charge in [-0.2, -0.15) is 0 Å². The van der Waals surface area contributed by atoms with E-state index in [2.05, 4.69) is 5.32 Å². The minimum atomic E-state index is -3.61. The van der Waals surface area contributed by atoms with Crippen LogP contribution in [0.4, 0.5) is 0 Å². The van der Waals surface area contributed by atoms with Crippen molar-refractivity contribution in [2.75, 3.05) is 14.1 Å². The van der Waals surface area contributed by atoms with Crippen molar-refractivity contribution in [3.63, 3.8) is 0 Å². The molecule has 1 aromatic rings.